The van der Waals surface area contributed by atoms with E-state index >= 15 is 0 Å². The number of urea groups is 1. The Morgan fingerprint density at radius 2 is 1.88 bits per heavy atom. The summed E-state index contributed by atoms with van der Waals surface area (Å²) in [6.45, 7) is 7.65. The molecule has 0 aliphatic rings. The summed E-state index contributed by atoms with van der Waals surface area (Å²) in [4.78, 5) is 14.1. The lowest BCUT2D eigenvalue weighted by Crippen LogP contribution is -2.41. The Balaban J connectivity index is 1.80. The molecule has 0 aromatic heterocycles. The number of hydrogen-bond acceptors (Lipinski definition) is 2. The number of hydrogen-bond donors (Lipinski definition) is 1. The number of ether oxygens (including phenoxy) is 1. The van der Waals surface area contributed by atoms with Gasteiger partial charge in [-0.3, -0.25) is 4.90 Å². The highest BCUT2D eigenvalue weighted by molar-refractivity contribution is 5.91. The highest BCUT2D eigenvalue weighted by atomic mass is 16.5. The van der Waals surface area contributed by atoms with Crippen LogP contribution in [-0.2, 0) is 6.42 Å². The van der Waals surface area contributed by atoms with E-state index in [-0.39, 0.29) is 6.03 Å². The molecule has 2 aromatic carbocycles. The van der Waals surface area contributed by atoms with Gasteiger partial charge in [0.15, 0.2) is 0 Å². The van der Waals surface area contributed by atoms with Crippen LogP contribution in [0.5, 0.6) is 5.75 Å². The molecule has 0 aliphatic heterocycles. The van der Waals surface area contributed by atoms with Crippen molar-refractivity contribution in [3.8, 4) is 5.75 Å². The van der Waals surface area contributed by atoms with Gasteiger partial charge in [-0.25, -0.2) is 4.79 Å². The normalized spacial score (nSPS) is 10.3. The van der Waals surface area contributed by atoms with Gasteiger partial charge in [0.05, 0.1) is 6.54 Å². The summed E-state index contributed by atoms with van der Waals surface area (Å²) in [5, 5.41) is 2.91. The first-order valence-electron chi connectivity index (χ1n) is 8.47. The second kappa shape index (κ2) is 8.96. The summed E-state index contributed by atoms with van der Waals surface area (Å²) in [6.07, 6.45) is 1.02. The Bertz CT molecular complexity index is 653. The van der Waals surface area contributed by atoms with Crippen LogP contribution in [0.2, 0.25) is 0 Å². The van der Waals surface area contributed by atoms with Crippen LogP contribution in [0.1, 0.15) is 25.0 Å². The Morgan fingerprint density at radius 3 is 2.50 bits per heavy atom. The van der Waals surface area contributed by atoms with E-state index in [1.807, 2.05) is 50.2 Å². The van der Waals surface area contributed by atoms with E-state index in [1.165, 1.54) is 5.56 Å². The number of nitrogens with one attached hydrogen (secondary N) is 1. The minimum absolute atomic E-state index is 0.104. The SMILES string of the molecule is CCc1ccc(OCCNC(=O)N(CC)c2cccc(C)c2)cc1. The number of aryl methyl sites for hydroxylation is 2. The number of amides is 2. The van der Waals surface area contributed by atoms with Gasteiger partial charge in [-0.2, -0.15) is 0 Å². The van der Waals surface area contributed by atoms with E-state index in [2.05, 4.69) is 24.4 Å². The van der Waals surface area contributed by atoms with Crippen molar-refractivity contribution in [3.63, 3.8) is 0 Å². The van der Waals surface area contributed by atoms with Gasteiger partial charge in [0.2, 0.25) is 0 Å². The molecule has 24 heavy (non-hydrogen) atoms. The van der Waals surface area contributed by atoms with Gasteiger partial charge < -0.3 is 10.1 Å². The van der Waals surface area contributed by atoms with Crippen LogP contribution >= 0.6 is 0 Å². The van der Waals surface area contributed by atoms with Crippen molar-refractivity contribution in [3.05, 3.63) is 59.7 Å². The zero-order valence-electron chi connectivity index (χ0n) is 14.7. The molecule has 0 radical (unpaired) electrons. The molecule has 0 aliphatic carbocycles. The molecule has 1 N–H and O–H groups in total. The molecule has 0 unspecified atom stereocenters. The van der Waals surface area contributed by atoms with E-state index in [1.54, 1.807) is 4.90 Å². The fourth-order valence-corrected chi connectivity index (χ4v) is 2.48. The van der Waals surface area contributed by atoms with E-state index in [0.717, 1.165) is 23.4 Å². The Morgan fingerprint density at radius 1 is 1.12 bits per heavy atom. The molecule has 0 bridgehead atoms. The molecule has 128 valence electrons. The van der Waals surface area contributed by atoms with Gasteiger partial charge in [-0.05, 0) is 55.7 Å². The fourth-order valence-electron chi connectivity index (χ4n) is 2.48. The van der Waals surface area contributed by atoms with Crippen LogP contribution in [-0.4, -0.2) is 25.7 Å². The maximum atomic E-state index is 12.3. The van der Waals surface area contributed by atoms with Gasteiger partial charge in [-0.1, -0.05) is 31.2 Å². The molecule has 0 fully saturated rings. The van der Waals surface area contributed by atoms with Gasteiger partial charge in [0.1, 0.15) is 12.4 Å². The van der Waals surface area contributed by atoms with Gasteiger partial charge in [0, 0.05) is 12.2 Å². The molecule has 2 aromatic rings. The van der Waals surface area contributed by atoms with Crippen LogP contribution in [0, 0.1) is 6.92 Å². The Labute approximate surface area is 144 Å². The van der Waals surface area contributed by atoms with Crippen molar-refractivity contribution >= 4 is 11.7 Å². The first-order valence-corrected chi connectivity index (χ1v) is 8.47. The standard InChI is InChI=1S/C20H26N2O2/c1-4-17-9-11-19(12-10-17)24-14-13-21-20(23)22(5-2)18-8-6-7-16(3)15-18/h6-12,15H,4-5,13-14H2,1-3H3,(H,21,23). The third-order valence-electron chi connectivity index (χ3n) is 3.85. The molecular weight excluding hydrogens is 300 g/mol. The number of carbonyl (C=O) groups is 1. The zero-order chi connectivity index (χ0) is 17.4. The van der Waals surface area contributed by atoms with Crippen molar-refractivity contribution < 1.29 is 9.53 Å². The summed E-state index contributed by atoms with van der Waals surface area (Å²) in [7, 11) is 0. The predicted octanol–water partition coefficient (Wildman–Crippen LogP) is 4.17. The maximum absolute atomic E-state index is 12.3. The fraction of sp³-hybridized carbons (Fsp3) is 0.350. The molecule has 0 saturated heterocycles. The molecule has 4 nitrogen and oxygen atoms in total. The Kier molecular flexibility index (Phi) is 6.67. The average molecular weight is 326 g/mol. The number of anilines is 1. The third-order valence-corrected chi connectivity index (χ3v) is 3.85. The zero-order valence-corrected chi connectivity index (χ0v) is 14.7. The van der Waals surface area contributed by atoms with Crippen molar-refractivity contribution in [2.45, 2.75) is 27.2 Å². The first kappa shape index (κ1) is 17.9. The number of rotatable bonds is 7. The van der Waals surface area contributed by atoms with E-state index in [9.17, 15) is 4.79 Å². The molecule has 2 rings (SSSR count). The topological polar surface area (TPSA) is 41.6 Å². The summed E-state index contributed by atoms with van der Waals surface area (Å²) in [5.74, 6) is 0.826. The lowest BCUT2D eigenvalue weighted by Gasteiger charge is -2.22. The average Bonchev–Trinajstić information content (AvgIpc) is 2.60. The van der Waals surface area contributed by atoms with Crippen molar-refractivity contribution in [1.29, 1.82) is 0 Å². The molecule has 0 saturated carbocycles. The molecule has 2 amide bonds. The van der Waals surface area contributed by atoms with Crippen LogP contribution in [0.3, 0.4) is 0 Å². The summed E-state index contributed by atoms with van der Waals surface area (Å²) in [5.41, 5.74) is 3.33. The van der Waals surface area contributed by atoms with Crippen molar-refractivity contribution in [2.24, 2.45) is 0 Å². The molecule has 0 atom stereocenters. The largest absolute Gasteiger partial charge is 0.492 e. The lowest BCUT2D eigenvalue weighted by atomic mass is 10.2. The molecule has 0 spiro atoms. The van der Waals surface area contributed by atoms with Gasteiger partial charge in [0.25, 0.3) is 0 Å². The number of carbonyl (C=O) groups excluding carboxylic acids is 1. The van der Waals surface area contributed by atoms with Crippen molar-refractivity contribution in [1.82, 2.24) is 5.32 Å². The van der Waals surface area contributed by atoms with Crippen molar-refractivity contribution in [2.75, 3.05) is 24.6 Å². The van der Waals surface area contributed by atoms with E-state index < -0.39 is 0 Å². The Hall–Kier alpha value is -2.49. The minimum Gasteiger partial charge on any atom is -0.492 e. The van der Waals surface area contributed by atoms with Gasteiger partial charge in [-0.15, -0.1) is 0 Å². The lowest BCUT2D eigenvalue weighted by molar-refractivity contribution is 0.242. The second-order valence-electron chi connectivity index (χ2n) is 5.66. The van der Waals surface area contributed by atoms with Crippen LogP contribution < -0.4 is 15.0 Å². The quantitative estimate of drug-likeness (QED) is 0.776. The highest BCUT2D eigenvalue weighted by Crippen LogP contribution is 2.16. The van der Waals surface area contributed by atoms with E-state index in [0.29, 0.717) is 19.7 Å². The van der Waals surface area contributed by atoms with Crippen LogP contribution in [0.4, 0.5) is 10.5 Å². The summed E-state index contributed by atoms with van der Waals surface area (Å²) < 4.78 is 5.66. The highest BCUT2D eigenvalue weighted by Gasteiger charge is 2.13. The van der Waals surface area contributed by atoms with E-state index in [4.69, 9.17) is 4.74 Å². The first-order chi connectivity index (χ1) is 11.6. The van der Waals surface area contributed by atoms with Gasteiger partial charge >= 0.3 is 6.03 Å². The predicted molar refractivity (Wildman–Crippen MR) is 98.9 cm³/mol. The number of benzene rings is 2. The molecule has 0 heterocycles. The van der Waals surface area contributed by atoms with Crippen LogP contribution in [0.25, 0.3) is 0 Å². The summed E-state index contributed by atoms with van der Waals surface area (Å²) in [6, 6.07) is 15.9. The molecular formula is C20H26N2O2. The smallest absolute Gasteiger partial charge is 0.321 e. The monoisotopic (exact) mass is 326 g/mol. The molecule has 4 heteroatoms. The van der Waals surface area contributed by atoms with Crippen LogP contribution in [0.15, 0.2) is 48.5 Å². The number of nitrogens with zero attached hydrogens (tertiary/aromatic N) is 1. The second-order valence-corrected chi connectivity index (χ2v) is 5.66. The third kappa shape index (κ3) is 5.01. The summed E-state index contributed by atoms with van der Waals surface area (Å²) >= 11 is 0. The minimum atomic E-state index is -0.104. The maximum Gasteiger partial charge on any atom is 0.321 e.